The van der Waals surface area contributed by atoms with E-state index in [1.54, 1.807) is 0 Å². The van der Waals surface area contributed by atoms with Crippen LogP contribution in [0, 0.1) is 0 Å². The Morgan fingerprint density at radius 3 is 2.64 bits per heavy atom. The molecule has 0 fully saturated rings. The van der Waals surface area contributed by atoms with Crippen molar-refractivity contribution < 1.29 is 0 Å². The molecule has 0 unspecified atom stereocenters. The first kappa shape index (κ1) is 14.9. The molecule has 3 aromatic rings. The highest BCUT2D eigenvalue weighted by Gasteiger charge is 2.14. The fraction of sp³-hybridized carbons (Fsp3) is 0.211. The fourth-order valence-corrected chi connectivity index (χ4v) is 3.09. The monoisotopic (exact) mass is 310 g/mol. The maximum atomic E-state index is 4.57. The van der Waals surface area contributed by atoms with Gasteiger partial charge in [-0.1, -0.05) is 36.4 Å². The smallest absolute Gasteiger partial charge is 0.0723 e. The van der Waals surface area contributed by atoms with E-state index in [1.165, 1.54) is 27.8 Å². The number of nitrogens with one attached hydrogen (secondary N) is 1. The number of hydrogen-bond donors (Lipinski definition) is 1. The van der Waals surface area contributed by atoms with Gasteiger partial charge in [0.15, 0.2) is 0 Å². The van der Waals surface area contributed by atoms with Crippen molar-refractivity contribution in [2.45, 2.75) is 19.3 Å². The zero-order chi connectivity index (χ0) is 14.1. The largest absolute Gasteiger partial charge is 0.384 e. The molecule has 4 rings (SSSR count). The molecular weight excluding hydrogens is 292 g/mol. The number of fused-ring (bicyclic) bond motifs is 3. The Hall–Kier alpha value is -2.06. The van der Waals surface area contributed by atoms with Gasteiger partial charge in [0.1, 0.15) is 0 Å². The molecule has 0 radical (unpaired) electrons. The van der Waals surface area contributed by atoms with E-state index in [-0.39, 0.29) is 12.4 Å². The molecule has 2 heterocycles. The average Bonchev–Trinajstić information content (AvgIpc) is 3.03. The van der Waals surface area contributed by atoms with Crippen LogP contribution in [0.4, 0.5) is 5.69 Å². The van der Waals surface area contributed by atoms with Gasteiger partial charge in [0.2, 0.25) is 0 Å². The predicted octanol–water partition coefficient (Wildman–Crippen LogP) is 4.41. The van der Waals surface area contributed by atoms with E-state index in [2.05, 4.69) is 58.8 Å². The van der Waals surface area contributed by atoms with E-state index in [0.29, 0.717) is 0 Å². The summed E-state index contributed by atoms with van der Waals surface area (Å²) in [4.78, 5) is 4.57. The van der Waals surface area contributed by atoms with Gasteiger partial charge < -0.3 is 5.32 Å². The molecule has 1 aliphatic rings. The van der Waals surface area contributed by atoms with Crippen molar-refractivity contribution in [1.29, 1.82) is 0 Å². The minimum Gasteiger partial charge on any atom is -0.384 e. The predicted molar refractivity (Wildman–Crippen MR) is 95.0 cm³/mol. The molecule has 0 aliphatic carbocycles. The van der Waals surface area contributed by atoms with Crippen LogP contribution in [0.1, 0.15) is 16.7 Å². The minimum absolute atomic E-state index is 0. The highest BCUT2D eigenvalue weighted by molar-refractivity contribution is 5.94. The molecule has 22 heavy (non-hydrogen) atoms. The minimum atomic E-state index is 0. The number of aryl methyl sites for hydroxylation is 2. The highest BCUT2D eigenvalue weighted by Crippen LogP contribution is 2.30. The molecule has 0 atom stereocenters. The molecule has 1 aliphatic heterocycles. The average molecular weight is 311 g/mol. The van der Waals surface area contributed by atoms with E-state index in [0.717, 1.165) is 31.3 Å². The Morgan fingerprint density at radius 1 is 0.955 bits per heavy atom. The number of benzene rings is 2. The van der Waals surface area contributed by atoms with Crippen molar-refractivity contribution in [3.63, 3.8) is 0 Å². The lowest BCUT2D eigenvalue weighted by molar-refractivity contribution is 0.962. The van der Waals surface area contributed by atoms with E-state index in [9.17, 15) is 0 Å². The first-order chi connectivity index (χ1) is 10.4. The van der Waals surface area contributed by atoms with Crippen molar-refractivity contribution in [3.05, 3.63) is 71.4 Å². The zero-order valence-electron chi connectivity index (χ0n) is 12.4. The van der Waals surface area contributed by atoms with Gasteiger partial charge in [-0.25, -0.2) is 0 Å². The van der Waals surface area contributed by atoms with Gasteiger partial charge in [-0.3, -0.25) is 4.98 Å². The second-order valence-electron chi connectivity index (χ2n) is 5.67. The molecule has 112 valence electrons. The normalized spacial score (nSPS) is 12.5. The Bertz CT molecular complexity index is 784. The van der Waals surface area contributed by atoms with Gasteiger partial charge in [-0.15, -0.1) is 12.4 Å². The molecule has 0 bridgehead atoms. The van der Waals surface area contributed by atoms with E-state index in [4.69, 9.17) is 0 Å². The second-order valence-corrected chi connectivity index (χ2v) is 5.67. The summed E-state index contributed by atoms with van der Waals surface area (Å²) in [6.45, 7) is 1.03. The Labute approximate surface area is 137 Å². The Balaban J connectivity index is 0.00000144. The van der Waals surface area contributed by atoms with Crippen LogP contribution in [0.2, 0.25) is 0 Å². The number of hydrogen-bond acceptors (Lipinski definition) is 2. The van der Waals surface area contributed by atoms with Crippen LogP contribution in [0.25, 0.3) is 10.9 Å². The molecule has 0 amide bonds. The fourth-order valence-electron chi connectivity index (χ4n) is 3.09. The Morgan fingerprint density at radius 2 is 1.77 bits per heavy atom. The summed E-state index contributed by atoms with van der Waals surface area (Å²) < 4.78 is 0. The maximum Gasteiger partial charge on any atom is 0.0723 e. The van der Waals surface area contributed by atoms with Gasteiger partial charge >= 0.3 is 0 Å². The molecule has 0 saturated heterocycles. The summed E-state index contributed by atoms with van der Waals surface area (Å²) in [6.07, 6.45) is 5.26. The molecule has 2 nitrogen and oxygen atoms in total. The number of nitrogens with zero attached hydrogens (tertiary/aromatic N) is 1. The number of pyridine rings is 1. The van der Waals surface area contributed by atoms with Crippen LogP contribution in [-0.2, 0) is 19.3 Å². The molecule has 0 saturated carbocycles. The molecule has 1 aromatic heterocycles. The first-order valence-electron chi connectivity index (χ1n) is 7.58. The summed E-state index contributed by atoms with van der Waals surface area (Å²) in [5.74, 6) is 0. The summed E-state index contributed by atoms with van der Waals surface area (Å²) in [5.41, 5.74) is 6.51. The van der Waals surface area contributed by atoms with Crippen LogP contribution in [0.5, 0.6) is 0 Å². The van der Waals surface area contributed by atoms with Crippen LogP contribution < -0.4 is 5.32 Å². The van der Waals surface area contributed by atoms with E-state index >= 15 is 0 Å². The van der Waals surface area contributed by atoms with Gasteiger partial charge in [0.25, 0.3) is 0 Å². The topological polar surface area (TPSA) is 24.9 Å². The number of rotatable bonds is 3. The molecule has 1 N–H and O–H groups in total. The third-order valence-corrected chi connectivity index (χ3v) is 4.25. The number of aromatic nitrogens is 1. The molecular formula is C19H19ClN2. The van der Waals surface area contributed by atoms with Crippen molar-refractivity contribution >= 4 is 29.0 Å². The van der Waals surface area contributed by atoms with Gasteiger partial charge in [-0.2, -0.15) is 0 Å². The second kappa shape index (κ2) is 6.37. The van der Waals surface area contributed by atoms with E-state index in [1.807, 2.05) is 6.20 Å². The van der Waals surface area contributed by atoms with Crippen LogP contribution in [-0.4, -0.2) is 11.5 Å². The number of halogens is 1. The molecule has 2 aromatic carbocycles. The van der Waals surface area contributed by atoms with Gasteiger partial charge in [0, 0.05) is 23.8 Å². The summed E-state index contributed by atoms with van der Waals surface area (Å²) in [5, 5.41) is 4.78. The third-order valence-electron chi connectivity index (χ3n) is 4.25. The zero-order valence-corrected chi connectivity index (χ0v) is 13.2. The lowest BCUT2D eigenvalue weighted by Gasteiger charge is -2.08. The Kier molecular flexibility index (Phi) is 4.30. The highest BCUT2D eigenvalue weighted by atomic mass is 35.5. The quantitative estimate of drug-likeness (QED) is 0.775. The van der Waals surface area contributed by atoms with Crippen LogP contribution in [0.3, 0.4) is 0 Å². The molecule has 0 spiro atoms. The van der Waals surface area contributed by atoms with Gasteiger partial charge in [0.05, 0.1) is 5.52 Å². The standard InChI is InChI=1S/C19H18N2.ClH/c1-2-4-14(5-3-1)6-7-15-8-9-18-17(12-15)19-16(13-21-18)10-11-20-19;/h1-5,8-9,12-13,20H,6-7,10-11H2;1H. The van der Waals surface area contributed by atoms with Crippen molar-refractivity contribution in [1.82, 2.24) is 4.98 Å². The SMILES string of the molecule is Cl.c1ccc(CCc2ccc3ncc4c(c3c2)NCC4)cc1. The maximum absolute atomic E-state index is 4.57. The first-order valence-corrected chi connectivity index (χ1v) is 7.58. The summed E-state index contributed by atoms with van der Waals surface area (Å²) >= 11 is 0. The van der Waals surface area contributed by atoms with Gasteiger partial charge in [-0.05, 0) is 48.1 Å². The van der Waals surface area contributed by atoms with Crippen molar-refractivity contribution in [2.75, 3.05) is 11.9 Å². The number of anilines is 1. The van der Waals surface area contributed by atoms with Crippen molar-refractivity contribution in [2.24, 2.45) is 0 Å². The lowest BCUT2D eigenvalue weighted by Crippen LogP contribution is -1.94. The van der Waals surface area contributed by atoms with Crippen molar-refractivity contribution in [3.8, 4) is 0 Å². The lowest BCUT2D eigenvalue weighted by atomic mass is 10.0. The van der Waals surface area contributed by atoms with Crippen LogP contribution >= 0.6 is 12.4 Å². The summed E-state index contributed by atoms with van der Waals surface area (Å²) in [7, 11) is 0. The third kappa shape index (κ3) is 2.79. The molecule has 3 heteroatoms. The summed E-state index contributed by atoms with van der Waals surface area (Å²) in [6, 6.07) is 17.3. The van der Waals surface area contributed by atoms with E-state index < -0.39 is 0 Å². The van der Waals surface area contributed by atoms with Crippen LogP contribution in [0.15, 0.2) is 54.7 Å².